The van der Waals surface area contributed by atoms with E-state index in [-0.39, 0.29) is 5.91 Å². The SMILES string of the molecule is C=CCNC(=O)c1sc(NC2CC2CC)c(C2CC2)c1N. The lowest BCUT2D eigenvalue weighted by molar-refractivity contribution is 0.0963. The summed E-state index contributed by atoms with van der Waals surface area (Å²) in [5.74, 6) is 1.23. The van der Waals surface area contributed by atoms with Gasteiger partial charge in [0.15, 0.2) is 0 Å². The molecule has 0 spiro atoms. The van der Waals surface area contributed by atoms with Crippen LogP contribution in [0, 0.1) is 5.92 Å². The summed E-state index contributed by atoms with van der Waals surface area (Å²) in [5.41, 5.74) is 8.13. The third-order valence-corrected chi connectivity index (χ3v) is 5.50. The van der Waals surface area contributed by atoms with E-state index in [0.717, 1.165) is 10.9 Å². The van der Waals surface area contributed by atoms with Crippen molar-refractivity contribution in [2.45, 2.75) is 44.6 Å². The number of rotatable bonds is 7. The van der Waals surface area contributed by atoms with E-state index >= 15 is 0 Å². The molecule has 1 aromatic heterocycles. The Bertz CT molecular complexity index is 562. The van der Waals surface area contributed by atoms with Gasteiger partial charge in [0.1, 0.15) is 4.88 Å². The van der Waals surface area contributed by atoms with Gasteiger partial charge in [0.25, 0.3) is 5.91 Å². The van der Waals surface area contributed by atoms with Gasteiger partial charge in [-0.3, -0.25) is 4.79 Å². The van der Waals surface area contributed by atoms with E-state index in [0.29, 0.717) is 29.1 Å². The summed E-state index contributed by atoms with van der Waals surface area (Å²) in [5, 5.41) is 7.57. The first-order chi connectivity index (χ1) is 10.2. The Morgan fingerprint density at radius 1 is 1.52 bits per heavy atom. The molecule has 0 aromatic carbocycles. The zero-order valence-electron chi connectivity index (χ0n) is 12.4. The molecular formula is C16H23N3OS. The van der Waals surface area contributed by atoms with Gasteiger partial charge in [-0.1, -0.05) is 19.4 Å². The molecule has 0 bridgehead atoms. The van der Waals surface area contributed by atoms with Crippen LogP contribution in [-0.4, -0.2) is 18.5 Å². The summed E-state index contributed by atoms with van der Waals surface area (Å²) in [6.45, 7) is 6.32. The average Bonchev–Trinajstić information content (AvgIpc) is 3.37. The highest BCUT2D eigenvalue weighted by Gasteiger charge is 2.39. The fourth-order valence-electron chi connectivity index (χ4n) is 2.80. The van der Waals surface area contributed by atoms with E-state index in [4.69, 9.17) is 5.73 Å². The van der Waals surface area contributed by atoms with E-state index in [1.54, 1.807) is 6.08 Å². The van der Waals surface area contributed by atoms with Crippen LogP contribution < -0.4 is 16.4 Å². The predicted molar refractivity (Wildman–Crippen MR) is 89.0 cm³/mol. The lowest BCUT2D eigenvalue weighted by Gasteiger charge is -2.06. The number of thiophene rings is 1. The molecule has 4 N–H and O–H groups in total. The summed E-state index contributed by atoms with van der Waals surface area (Å²) < 4.78 is 0. The minimum atomic E-state index is -0.0878. The van der Waals surface area contributed by atoms with Crippen LogP contribution in [0.5, 0.6) is 0 Å². The minimum Gasteiger partial charge on any atom is -0.397 e. The van der Waals surface area contributed by atoms with Crippen molar-refractivity contribution in [3.63, 3.8) is 0 Å². The second-order valence-electron chi connectivity index (χ2n) is 6.02. The molecule has 1 amide bonds. The highest BCUT2D eigenvalue weighted by molar-refractivity contribution is 7.18. The van der Waals surface area contributed by atoms with Gasteiger partial charge in [0.05, 0.1) is 10.7 Å². The summed E-state index contributed by atoms with van der Waals surface area (Å²) >= 11 is 1.51. The maximum Gasteiger partial charge on any atom is 0.263 e. The lowest BCUT2D eigenvalue weighted by Crippen LogP contribution is -2.23. The smallest absolute Gasteiger partial charge is 0.263 e. The molecule has 5 heteroatoms. The second kappa shape index (κ2) is 5.72. The summed E-state index contributed by atoms with van der Waals surface area (Å²) in [6, 6.07) is 0.564. The molecule has 2 atom stereocenters. The van der Waals surface area contributed by atoms with Gasteiger partial charge in [-0.25, -0.2) is 0 Å². The second-order valence-corrected chi connectivity index (χ2v) is 7.04. The Labute approximate surface area is 129 Å². The van der Waals surface area contributed by atoms with Gasteiger partial charge in [-0.2, -0.15) is 0 Å². The highest BCUT2D eigenvalue weighted by Crippen LogP contribution is 2.52. The third kappa shape index (κ3) is 2.93. The van der Waals surface area contributed by atoms with Crippen molar-refractivity contribution < 1.29 is 4.79 Å². The summed E-state index contributed by atoms with van der Waals surface area (Å²) in [6.07, 6.45) is 6.50. The van der Waals surface area contributed by atoms with Gasteiger partial charge >= 0.3 is 0 Å². The Kier molecular flexibility index (Phi) is 3.93. The molecule has 4 nitrogen and oxygen atoms in total. The van der Waals surface area contributed by atoms with Crippen molar-refractivity contribution >= 4 is 27.9 Å². The van der Waals surface area contributed by atoms with Crippen LogP contribution in [0.15, 0.2) is 12.7 Å². The first kappa shape index (κ1) is 14.4. The zero-order chi connectivity index (χ0) is 15.0. The number of carbonyl (C=O) groups is 1. The van der Waals surface area contributed by atoms with Crippen molar-refractivity contribution in [3.8, 4) is 0 Å². The fourth-order valence-corrected chi connectivity index (χ4v) is 3.98. The number of hydrogen-bond acceptors (Lipinski definition) is 4. The number of anilines is 2. The Hall–Kier alpha value is -1.49. The number of nitrogen functional groups attached to an aromatic ring is 1. The molecule has 21 heavy (non-hydrogen) atoms. The minimum absolute atomic E-state index is 0.0878. The van der Waals surface area contributed by atoms with Gasteiger partial charge in [0, 0.05) is 18.2 Å². The first-order valence-electron chi connectivity index (χ1n) is 7.73. The Morgan fingerprint density at radius 2 is 2.29 bits per heavy atom. The molecule has 2 unspecified atom stereocenters. The number of hydrogen-bond donors (Lipinski definition) is 3. The molecule has 0 radical (unpaired) electrons. The molecule has 114 valence electrons. The van der Waals surface area contributed by atoms with E-state index in [2.05, 4.69) is 24.1 Å². The van der Waals surface area contributed by atoms with Gasteiger partial charge in [-0.05, 0) is 31.1 Å². The van der Waals surface area contributed by atoms with Crippen LogP contribution in [0.3, 0.4) is 0 Å². The molecule has 2 fully saturated rings. The molecule has 0 saturated heterocycles. The van der Waals surface area contributed by atoms with Gasteiger partial charge in [-0.15, -0.1) is 17.9 Å². The van der Waals surface area contributed by atoms with Crippen LogP contribution in [0.1, 0.15) is 53.8 Å². The standard InChI is InChI=1S/C16H23N3OS/c1-3-7-18-15(20)14-13(17)12(10-5-6-10)16(21-14)19-11-8-9(11)4-2/h3,9-11,19H,1,4-8,17H2,2H3,(H,18,20). The average molecular weight is 305 g/mol. The maximum absolute atomic E-state index is 12.2. The summed E-state index contributed by atoms with van der Waals surface area (Å²) in [7, 11) is 0. The van der Waals surface area contributed by atoms with E-state index in [9.17, 15) is 4.79 Å². The molecule has 2 aliphatic carbocycles. The summed E-state index contributed by atoms with van der Waals surface area (Å²) in [4.78, 5) is 12.8. The zero-order valence-corrected chi connectivity index (χ0v) is 13.3. The predicted octanol–water partition coefficient (Wildman–Crippen LogP) is 3.33. The number of carbonyl (C=O) groups excluding carboxylic acids is 1. The van der Waals surface area contributed by atoms with Gasteiger partial charge < -0.3 is 16.4 Å². The number of nitrogens with one attached hydrogen (secondary N) is 2. The molecule has 1 aromatic rings. The fraction of sp³-hybridized carbons (Fsp3) is 0.562. The number of nitrogens with two attached hydrogens (primary N) is 1. The van der Waals surface area contributed by atoms with Crippen molar-refractivity contribution in [1.29, 1.82) is 0 Å². The first-order valence-corrected chi connectivity index (χ1v) is 8.55. The Morgan fingerprint density at radius 3 is 2.86 bits per heavy atom. The molecule has 0 aliphatic heterocycles. The Balaban J connectivity index is 1.81. The quantitative estimate of drug-likeness (QED) is 0.677. The molecule has 3 rings (SSSR count). The van der Waals surface area contributed by atoms with Crippen molar-refractivity contribution in [2.24, 2.45) is 5.92 Å². The topological polar surface area (TPSA) is 67.2 Å². The molecule has 1 heterocycles. The highest BCUT2D eigenvalue weighted by atomic mass is 32.1. The van der Waals surface area contributed by atoms with Crippen molar-refractivity contribution in [3.05, 3.63) is 23.1 Å². The molecular weight excluding hydrogens is 282 g/mol. The van der Waals surface area contributed by atoms with E-state index in [1.165, 1.54) is 42.6 Å². The molecule has 2 aliphatic rings. The van der Waals surface area contributed by atoms with E-state index < -0.39 is 0 Å². The van der Waals surface area contributed by atoms with Crippen LogP contribution >= 0.6 is 11.3 Å². The van der Waals surface area contributed by atoms with Crippen LogP contribution in [0.25, 0.3) is 0 Å². The number of amides is 1. The monoisotopic (exact) mass is 305 g/mol. The van der Waals surface area contributed by atoms with Gasteiger partial charge in [0.2, 0.25) is 0 Å². The largest absolute Gasteiger partial charge is 0.397 e. The normalized spacial score (nSPS) is 23.7. The molecule has 2 saturated carbocycles. The van der Waals surface area contributed by atoms with Crippen LogP contribution in [0.2, 0.25) is 0 Å². The van der Waals surface area contributed by atoms with Crippen LogP contribution in [0.4, 0.5) is 10.7 Å². The van der Waals surface area contributed by atoms with E-state index in [1.807, 2.05) is 0 Å². The third-order valence-electron chi connectivity index (χ3n) is 4.35. The van der Waals surface area contributed by atoms with Crippen molar-refractivity contribution in [1.82, 2.24) is 5.32 Å². The van der Waals surface area contributed by atoms with Crippen LogP contribution in [-0.2, 0) is 0 Å². The van der Waals surface area contributed by atoms with Crippen molar-refractivity contribution in [2.75, 3.05) is 17.6 Å². The lowest BCUT2D eigenvalue weighted by atomic mass is 10.1. The maximum atomic E-state index is 12.2.